The molecular formula is C23H22N2O4S. The molecule has 0 saturated heterocycles. The first kappa shape index (κ1) is 20.1. The van der Waals surface area contributed by atoms with Crippen LogP contribution in [-0.4, -0.2) is 32.3 Å². The number of carbonyl (C=O) groups excluding carboxylic acids is 1. The number of sulfonamides is 1. The van der Waals surface area contributed by atoms with Crippen LogP contribution in [-0.2, 0) is 21.2 Å². The predicted molar refractivity (Wildman–Crippen MR) is 115 cm³/mol. The van der Waals surface area contributed by atoms with Crippen molar-refractivity contribution in [2.75, 3.05) is 19.0 Å². The normalized spacial score (nSPS) is 17.6. The summed E-state index contributed by atoms with van der Waals surface area (Å²) in [6, 6.07) is 23.5. The van der Waals surface area contributed by atoms with Gasteiger partial charge in [0.1, 0.15) is 11.1 Å². The molecule has 0 aliphatic carbocycles. The summed E-state index contributed by atoms with van der Waals surface area (Å²) in [4.78, 5) is 12.0. The fraction of sp³-hybridized carbons (Fsp3) is 0.174. The first-order chi connectivity index (χ1) is 14.5. The van der Waals surface area contributed by atoms with Crippen molar-refractivity contribution >= 4 is 21.7 Å². The summed E-state index contributed by atoms with van der Waals surface area (Å²) in [5, 5.41) is 3.35. The molecule has 0 radical (unpaired) electrons. The van der Waals surface area contributed by atoms with Crippen LogP contribution in [0.3, 0.4) is 0 Å². The van der Waals surface area contributed by atoms with Gasteiger partial charge in [0.05, 0.1) is 18.4 Å². The number of carbonyl (C=O) groups is 1. The van der Waals surface area contributed by atoms with E-state index in [9.17, 15) is 13.2 Å². The van der Waals surface area contributed by atoms with Gasteiger partial charge < -0.3 is 10.1 Å². The maximum Gasteiger partial charge on any atom is 0.337 e. The molecule has 0 unspecified atom stereocenters. The lowest BCUT2D eigenvalue weighted by atomic mass is 10.1. The van der Waals surface area contributed by atoms with E-state index >= 15 is 0 Å². The number of ether oxygens (including phenoxy) is 1. The average Bonchev–Trinajstić information content (AvgIpc) is 2.78. The van der Waals surface area contributed by atoms with Crippen molar-refractivity contribution in [2.24, 2.45) is 0 Å². The van der Waals surface area contributed by atoms with Gasteiger partial charge in [0.15, 0.2) is 0 Å². The van der Waals surface area contributed by atoms with Gasteiger partial charge >= 0.3 is 5.97 Å². The zero-order valence-corrected chi connectivity index (χ0v) is 17.3. The summed E-state index contributed by atoms with van der Waals surface area (Å²) in [6.07, 6.45) is 0.000942. The summed E-state index contributed by atoms with van der Waals surface area (Å²) < 4.78 is 33.1. The van der Waals surface area contributed by atoms with Crippen LogP contribution < -0.4 is 5.32 Å². The van der Waals surface area contributed by atoms with Crippen molar-refractivity contribution in [2.45, 2.75) is 17.5 Å². The summed E-state index contributed by atoms with van der Waals surface area (Å²) >= 11 is 0. The maximum atomic E-state index is 13.4. The Morgan fingerprint density at radius 2 is 1.63 bits per heavy atom. The van der Waals surface area contributed by atoms with Crippen LogP contribution in [0.2, 0.25) is 0 Å². The Balaban J connectivity index is 1.71. The molecule has 3 aromatic rings. The Labute approximate surface area is 176 Å². The van der Waals surface area contributed by atoms with Crippen LogP contribution in [0, 0.1) is 0 Å². The fourth-order valence-electron chi connectivity index (χ4n) is 3.60. The van der Waals surface area contributed by atoms with Crippen LogP contribution >= 0.6 is 0 Å². The number of hydrogen-bond acceptors (Lipinski definition) is 5. The van der Waals surface area contributed by atoms with Gasteiger partial charge in [-0.3, -0.25) is 0 Å². The van der Waals surface area contributed by atoms with E-state index in [0.717, 1.165) is 11.1 Å². The van der Waals surface area contributed by atoms with Crippen molar-refractivity contribution in [1.82, 2.24) is 4.31 Å². The van der Waals surface area contributed by atoms with Crippen molar-refractivity contribution in [3.05, 3.63) is 95.6 Å². The molecule has 3 aromatic carbocycles. The molecule has 0 bridgehead atoms. The second-order valence-electron chi connectivity index (χ2n) is 7.01. The zero-order chi connectivity index (χ0) is 21.1. The maximum absolute atomic E-state index is 13.4. The third-order valence-electron chi connectivity index (χ3n) is 5.17. The number of fused-ring (bicyclic) bond motifs is 1. The van der Waals surface area contributed by atoms with Gasteiger partial charge in [-0.05, 0) is 41.8 Å². The molecule has 6 nitrogen and oxygen atoms in total. The highest BCUT2D eigenvalue weighted by Crippen LogP contribution is 2.38. The second kappa shape index (κ2) is 8.30. The van der Waals surface area contributed by atoms with Crippen LogP contribution in [0.5, 0.6) is 0 Å². The fourth-order valence-corrected chi connectivity index (χ4v) is 5.29. The minimum absolute atomic E-state index is 0.264. The van der Waals surface area contributed by atoms with Crippen LogP contribution in [0.25, 0.3) is 0 Å². The van der Waals surface area contributed by atoms with Gasteiger partial charge in [-0.15, -0.1) is 0 Å². The number of rotatable bonds is 5. The molecule has 0 spiro atoms. The Kier molecular flexibility index (Phi) is 5.57. The third kappa shape index (κ3) is 3.81. The number of para-hydroxylation sites is 1. The first-order valence-corrected chi connectivity index (χ1v) is 11.0. The number of hydrogen-bond donors (Lipinski definition) is 1. The van der Waals surface area contributed by atoms with E-state index in [1.165, 1.54) is 11.4 Å². The second-order valence-corrected chi connectivity index (χ2v) is 8.87. The highest BCUT2D eigenvalue weighted by Gasteiger charge is 2.38. The topological polar surface area (TPSA) is 75.7 Å². The molecule has 1 N–H and O–H groups in total. The van der Waals surface area contributed by atoms with Gasteiger partial charge in [0.25, 0.3) is 0 Å². The van der Waals surface area contributed by atoms with E-state index in [4.69, 9.17) is 4.74 Å². The van der Waals surface area contributed by atoms with E-state index < -0.39 is 22.2 Å². The molecular weight excluding hydrogens is 400 g/mol. The molecule has 1 aliphatic rings. The minimum Gasteiger partial charge on any atom is -0.465 e. The SMILES string of the molecule is COC(=O)c1ccc([C@H]2Nc3ccccc3S(=O)(=O)N2CCc2ccccc2)cc1. The molecule has 0 amide bonds. The quantitative estimate of drug-likeness (QED) is 0.633. The number of nitrogens with one attached hydrogen (secondary N) is 1. The predicted octanol–water partition coefficient (Wildman–Crippen LogP) is 3.83. The number of methoxy groups -OCH3 is 1. The molecule has 1 aliphatic heterocycles. The lowest BCUT2D eigenvalue weighted by Gasteiger charge is -2.37. The standard InChI is InChI=1S/C23H22N2O4S/c1-29-23(26)19-13-11-18(12-14-19)22-24-20-9-5-6-10-21(20)30(27,28)25(22)16-15-17-7-3-2-4-8-17/h2-14,22,24H,15-16H2,1H3/t22-/m0/s1. The lowest BCUT2D eigenvalue weighted by Crippen LogP contribution is -2.43. The van der Waals surface area contributed by atoms with Crippen molar-refractivity contribution in [1.29, 1.82) is 0 Å². The molecule has 1 heterocycles. The molecule has 154 valence electrons. The van der Waals surface area contributed by atoms with E-state index in [1.807, 2.05) is 30.3 Å². The molecule has 1 atom stereocenters. The largest absolute Gasteiger partial charge is 0.465 e. The van der Waals surface area contributed by atoms with Crippen molar-refractivity contribution in [3.8, 4) is 0 Å². The van der Waals surface area contributed by atoms with E-state index in [0.29, 0.717) is 24.2 Å². The van der Waals surface area contributed by atoms with Crippen LogP contribution in [0.1, 0.15) is 27.7 Å². The smallest absolute Gasteiger partial charge is 0.337 e. The van der Waals surface area contributed by atoms with E-state index in [-0.39, 0.29) is 4.90 Å². The van der Waals surface area contributed by atoms with Gasteiger partial charge in [-0.25, -0.2) is 13.2 Å². The Bertz CT molecular complexity index is 1150. The van der Waals surface area contributed by atoms with Crippen molar-refractivity contribution in [3.63, 3.8) is 0 Å². The van der Waals surface area contributed by atoms with Crippen molar-refractivity contribution < 1.29 is 17.9 Å². The molecule has 4 rings (SSSR count). The van der Waals surface area contributed by atoms with Gasteiger partial charge in [-0.2, -0.15) is 4.31 Å². The van der Waals surface area contributed by atoms with Gasteiger partial charge in [-0.1, -0.05) is 54.6 Å². The molecule has 0 aromatic heterocycles. The Morgan fingerprint density at radius 1 is 0.967 bits per heavy atom. The third-order valence-corrected chi connectivity index (χ3v) is 7.09. The Hall–Kier alpha value is -3.16. The van der Waals surface area contributed by atoms with E-state index in [1.54, 1.807) is 48.5 Å². The van der Waals surface area contributed by atoms with Crippen LogP contribution in [0.15, 0.2) is 83.8 Å². The molecule has 0 saturated carbocycles. The summed E-state index contributed by atoms with van der Waals surface area (Å²) in [5.74, 6) is -0.433. The number of esters is 1. The lowest BCUT2D eigenvalue weighted by molar-refractivity contribution is 0.0600. The van der Waals surface area contributed by atoms with Gasteiger partial charge in [0, 0.05) is 6.54 Å². The molecule has 0 fully saturated rings. The van der Waals surface area contributed by atoms with Crippen LogP contribution in [0.4, 0.5) is 5.69 Å². The molecule has 7 heteroatoms. The number of nitrogens with zero attached hydrogens (tertiary/aromatic N) is 1. The highest BCUT2D eigenvalue weighted by molar-refractivity contribution is 7.89. The summed E-state index contributed by atoms with van der Waals surface area (Å²) in [6.45, 7) is 0.317. The van der Waals surface area contributed by atoms with E-state index in [2.05, 4.69) is 5.32 Å². The average molecular weight is 423 g/mol. The summed E-state index contributed by atoms with van der Waals surface area (Å²) in [7, 11) is -2.38. The number of benzene rings is 3. The van der Waals surface area contributed by atoms with Gasteiger partial charge in [0.2, 0.25) is 10.0 Å². The minimum atomic E-state index is -3.70. The zero-order valence-electron chi connectivity index (χ0n) is 16.5. The Morgan fingerprint density at radius 3 is 2.33 bits per heavy atom. The first-order valence-electron chi connectivity index (χ1n) is 9.60. The molecule has 30 heavy (non-hydrogen) atoms. The monoisotopic (exact) mass is 422 g/mol. The summed E-state index contributed by atoms with van der Waals surface area (Å²) in [5.41, 5.74) is 2.78. The highest BCUT2D eigenvalue weighted by atomic mass is 32.2. The number of anilines is 1.